The largest absolute Gasteiger partial charge is 0.485 e. The van der Waals surface area contributed by atoms with Crippen molar-refractivity contribution in [3.63, 3.8) is 0 Å². The zero-order valence-corrected chi connectivity index (χ0v) is 13.5. The SMILES string of the molecule is NC1CC(c2cc(Cl)cc(Cl)c2)Oc2cc(Br)ccc21. The lowest BCUT2D eigenvalue weighted by atomic mass is 9.94. The number of hydrogen-bond acceptors (Lipinski definition) is 2. The first-order valence-corrected chi connectivity index (χ1v) is 7.75. The summed E-state index contributed by atoms with van der Waals surface area (Å²) in [6.07, 6.45) is 0.564. The summed E-state index contributed by atoms with van der Waals surface area (Å²) in [6.45, 7) is 0. The third-order valence-electron chi connectivity index (χ3n) is 3.37. The van der Waals surface area contributed by atoms with Crippen LogP contribution in [0.15, 0.2) is 40.9 Å². The van der Waals surface area contributed by atoms with Crippen molar-refractivity contribution in [1.82, 2.24) is 0 Å². The Morgan fingerprint density at radius 3 is 2.50 bits per heavy atom. The van der Waals surface area contributed by atoms with Crippen molar-refractivity contribution in [2.24, 2.45) is 5.73 Å². The van der Waals surface area contributed by atoms with Crippen LogP contribution < -0.4 is 10.5 Å². The van der Waals surface area contributed by atoms with Crippen molar-refractivity contribution in [1.29, 1.82) is 0 Å². The van der Waals surface area contributed by atoms with Crippen LogP contribution in [0.3, 0.4) is 0 Å². The molecule has 20 heavy (non-hydrogen) atoms. The van der Waals surface area contributed by atoms with Crippen molar-refractivity contribution in [3.05, 3.63) is 62.0 Å². The minimum atomic E-state index is -0.136. The van der Waals surface area contributed by atoms with Gasteiger partial charge in [0.15, 0.2) is 0 Å². The number of hydrogen-bond donors (Lipinski definition) is 1. The van der Waals surface area contributed by atoms with Gasteiger partial charge in [-0.15, -0.1) is 0 Å². The minimum Gasteiger partial charge on any atom is -0.485 e. The summed E-state index contributed by atoms with van der Waals surface area (Å²) in [5.41, 5.74) is 8.21. The van der Waals surface area contributed by atoms with E-state index >= 15 is 0 Å². The van der Waals surface area contributed by atoms with Gasteiger partial charge in [-0.05, 0) is 35.9 Å². The highest BCUT2D eigenvalue weighted by Gasteiger charge is 2.27. The van der Waals surface area contributed by atoms with Crippen molar-refractivity contribution in [2.45, 2.75) is 18.6 Å². The first-order valence-electron chi connectivity index (χ1n) is 6.20. The molecule has 2 nitrogen and oxygen atoms in total. The summed E-state index contributed by atoms with van der Waals surface area (Å²) in [5.74, 6) is 0.805. The number of nitrogens with two attached hydrogens (primary N) is 1. The summed E-state index contributed by atoms with van der Waals surface area (Å²) < 4.78 is 7.02. The molecule has 0 aliphatic carbocycles. The van der Waals surface area contributed by atoms with Crippen LogP contribution in [0.2, 0.25) is 10.0 Å². The van der Waals surface area contributed by atoms with Gasteiger partial charge in [-0.25, -0.2) is 0 Å². The molecular weight excluding hydrogens is 361 g/mol. The highest BCUT2D eigenvalue weighted by molar-refractivity contribution is 9.10. The van der Waals surface area contributed by atoms with Crippen LogP contribution in [0.1, 0.15) is 29.7 Å². The molecule has 3 rings (SSSR count). The van der Waals surface area contributed by atoms with E-state index in [9.17, 15) is 0 Å². The second kappa shape index (κ2) is 5.57. The lowest BCUT2D eigenvalue weighted by molar-refractivity contribution is 0.161. The molecule has 2 atom stereocenters. The molecule has 0 fully saturated rings. The maximum Gasteiger partial charge on any atom is 0.126 e. The Bertz CT molecular complexity index is 642. The highest BCUT2D eigenvalue weighted by atomic mass is 79.9. The average Bonchev–Trinajstić information content (AvgIpc) is 2.36. The van der Waals surface area contributed by atoms with Gasteiger partial charge in [0.25, 0.3) is 0 Å². The monoisotopic (exact) mass is 371 g/mol. The fraction of sp³-hybridized carbons (Fsp3) is 0.200. The Hall–Kier alpha value is -0.740. The van der Waals surface area contributed by atoms with Crippen LogP contribution in [-0.4, -0.2) is 0 Å². The predicted molar refractivity (Wildman–Crippen MR) is 85.5 cm³/mol. The molecule has 2 N–H and O–H groups in total. The van der Waals surface area contributed by atoms with Gasteiger partial charge in [-0.3, -0.25) is 0 Å². The minimum absolute atomic E-state index is 0.0605. The summed E-state index contributed by atoms with van der Waals surface area (Å²) >= 11 is 15.6. The molecular formula is C15H12BrCl2NO. The molecule has 1 aliphatic heterocycles. The zero-order chi connectivity index (χ0) is 14.3. The molecule has 0 amide bonds. The third kappa shape index (κ3) is 2.82. The van der Waals surface area contributed by atoms with Gasteiger partial charge in [0.05, 0.1) is 0 Å². The van der Waals surface area contributed by atoms with Crippen molar-refractivity contribution >= 4 is 39.1 Å². The van der Waals surface area contributed by atoms with Crippen molar-refractivity contribution in [3.8, 4) is 5.75 Å². The summed E-state index contributed by atoms with van der Waals surface area (Å²) in [6, 6.07) is 11.3. The molecule has 1 aliphatic rings. The van der Waals surface area contributed by atoms with E-state index < -0.39 is 0 Å². The maximum atomic E-state index is 6.24. The van der Waals surface area contributed by atoms with Gasteiger partial charge in [0.2, 0.25) is 0 Å². The molecule has 1 heterocycles. The molecule has 0 spiro atoms. The smallest absolute Gasteiger partial charge is 0.126 e. The molecule has 2 aromatic carbocycles. The molecule has 0 radical (unpaired) electrons. The van der Waals surface area contributed by atoms with Crippen LogP contribution in [-0.2, 0) is 0 Å². The van der Waals surface area contributed by atoms with Crippen LogP contribution in [0.25, 0.3) is 0 Å². The Kier molecular flexibility index (Phi) is 3.95. The standard InChI is InChI=1S/C15H12BrCl2NO/c16-9-1-2-12-13(19)7-14(20-15(12)5-9)8-3-10(17)6-11(18)4-8/h1-6,13-14H,7,19H2. The van der Waals surface area contributed by atoms with Gasteiger partial charge >= 0.3 is 0 Å². The van der Waals surface area contributed by atoms with Crippen LogP contribution in [0.4, 0.5) is 0 Å². The van der Waals surface area contributed by atoms with Crippen LogP contribution in [0.5, 0.6) is 5.75 Å². The molecule has 2 unspecified atom stereocenters. The Labute approximate surface area is 136 Å². The lowest BCUT2D eigenvalue weighted by Gasteiger charge is -2.31. The number of ether oxygens (including phenoxy) is 1. The van der Waals surface area contributed by atoms with E-state index in [0.717, 1.165) is 21.3 Å². The average molecular weight is 373 g/mol. The van der Waals surface area contributed by atoms with E-state index in [1.807, 2.05) is 30.3 Å². The van der Waals surface area contributed by atoms with Gasteiger partial charge in [0.1, 0.15) is 11.9 Å². The summed E-state index contributed by atoms with van der Waals surface area (Å²) in [4.78, 5) is 0. The van der Waals surface area contributed by atoms with Crippen LogP contribution in [0, 0.1) is 0 Å². The van der Waals surface area contributed by atoms with E-state index in [4.69, 9.17) is 33.7 Å². The second-order valence-electron chi connectivity index (χ2n) is 4.83. The van der Waals surface area contributed by atoms with Crippen molar-refractivity contribution in [2.75, 3.05) is 0 Å². The van der Waals surface area contributed by atoms with E-state index in [-0.39, 0.29) is 12.1 Å². The Morgan fingerprint density at radius 2 is 1.80 bits per heavy atom. The van der Waals surface area contributed by atoms with E-state index in [0.29, 0.717) is 16.5 Å². The van der Waals surface area contributed by atoms with Crippen LogP contribution >= 0.6 is 39.1 Å². The fourth-order valence-electron chi connectivity index (χ4n) is 2.44. The van der Waals surface area contributed by atoms with Gasteiger partial charge < -0.3 is 10.5 Å². The van der Waals surface area contributed by atoms with Gasteiger partial charge in [-0.2, -0.15) is 0 Å². The Morgan fingerprint density at radius 1 is 1.10 bits per heavy atom. The molecule has 104 valence electrons. The maximum absolute atomic E-state index is 6.24. The third-order valence-corrected chi connectivity index (χ3v) is 4.30. The quantitative estimate of drug-likeness (QED) is 0.738. The highest BCUT2D eigenvalue weighted by Crippen LogP contribution is 2.41. The number of rotatable bonds is 1. The van der Waals surface area contributed by atoms with E-state index in [2.05, 4.69) is 15.9 Å². The molecule has 0 saturated carbocycles. The zero-order valence-electron chi connectivity index (χ0n) is 10.4. The topological polar surface area (TPSA) is 35.2 Å². The molecule has 5 heteroatoms. The first-order chi connectivity index (χ1) is 9.52. The number of fused-ring (bicyclic) bond motifs is 1. The van der Waals surface area contributed by atoms with Crippen molar-refractivity contribution < 1.29 is 4.74 Å². The normalized spacial score (nSPS) is 21.2. The molecule has 0 saturated heterocycles. The second-order valence-corrected chi connectivity index (χ2v) is 6.62. The van der Waals surface area contributed by atoms with Gasteiger partial charge in [0, 0.05) is 32.5 Å². The lowest BCUT2D eigenvalue weighted by Crippen LogP contribution is -2.24. The summed E-state index contributed by atoms with van der Waals surface area (Å²) in [7, 11) is 0. The molecule has 0 aromatic heterocycles. The van der Waals surface area contributed by atoms with E-state index in [1.165, 1.54) is 0 Å². The first kappa shape index (κ1) is 14.2. The summed E-state index contributed by atoms with van der Waals surface area (Å²) in [5, 5.41) is 1.20. The number of halogens is 3. The Balaban J connectivity index is 1.98. The predicted octanol–water partition coefficient (Wildman–Crippen LogP) is 5.28. The fourth-order valence-corrected chi connectivity index (χ4v) is 3.32. The van der Waals surface area contributed by atoms with Gasteiger partial charge in [-0.1, -0.05) is 45.2 Å². The number of benzene rings is 2. The molecule has 0 bridgehead atoms. The van der Waals surface area contributed by atoms with E-state index in [1.54, 1.807) is 6.07 Å². The molecule has 2 aromatic rings.